The topological polar surface area (TPSA) is 87.2 Å². The molecule has 2 saturated heterocycles. The molecule has 9 heteroatoms. The van der Waals surface area contributed by atoms with E-state index in [1.807, 2.05) is 13.0 Å². The Kier molecular flexibility index (Phi) is 7.94. The van der Waals surface area contributed by atoms with Gasteiger partial charge in [0.1, 0.15) is 11.8 Å². The molecule has 1 aromatic rings. The number of hydrogen-bond donors (Lipinski definition) is 0. The maximum Gasteiger partial charge on any atom is 0.257 e. The Morgan fingerprint density at radius 3 is 2.45 bits per heavy atom. The molecule has 3 rings (SSSR count). The van der Waals surface area contributed by atoms with Crippen molar-refractivity contribution in [2.75, 3.05) is 45.6 Å². The molecule has 2 aliphatic heterocycles. The smallest absolute Gasteiger partial charge is 0.257 e. The monoisotopic (exact) mass is 451 g/mol. The van der Waals surface area contributed by atoms with E-state index in [2.05, 4.69) is 0 Å². The normalized spacial score (nSPS) is 20.9. The molecule has 1 unspecified atom stereocenters. The Morgan fingerprint density at radius 2 is 1.71 bits per heavy atom. The van der Waals surface area contributed by atoms with Gasteiger partial charge in [-0.3, -0.25) is 9.59 Å². The second-order valence-corrected chi connectivity index (χ2v) is 10.2. The van der Waals surface area contributed by atoms with Crippen LogP contribution in [-0.2, 0) is 14.8 Å². The molecule has 172 valence electrons. The molecule has 2 aliphatic rings. The molecule has 2 fully saturated rings. The summed E-state index contributed by atoms with van der Waals surface area (Å²) in [5, 5.41) is 0. The van der Waals surface area contributed by atoms with Crippen LogP contribution in [-0.4, -0.2) is 86.0 Å². The number of carbonyl (C=O) groups excluding carboxylic acids is 2. The van der Waals surface area contributed by atoms with Crippen molar-refractivity contribution in [1.82, 2.24) is 14.1 Å². The van der Waals surface area contributed by atoms with Gasteiger partial charge in [0.2, 0.25) is 15.9 Å². The maximum absolute atomic E-state index is 13.3. The van der Waals surface area contributed by atoms with E-state index >= 15 is 0 Å². The zero-order valence-corrected chi connectivity index (χ0v) is 19.3. The molecule has 31 heavy (non-hydrogen) atoms. The van der Waals surface area contributed by atoms with Gasteiger partial charge in [0, 0.05) is 32.7 Å². The molecular weight excluding hydrogens is 418 g/mol. The molecule has 0 N–H and O–H groups in total. The molecule has 0 saturated carbocycles. The fourth-order valence-corrected chi connectivity index (χ4v) is 6.14. The third-order valence-electron chi connectivity index (χ3n) is 5.99. The average molecular weight is 452 g/mol. The van der Waals surface area contributed by atoms with Crippen LogP contribution in [0.5, 0.6) is 5.75 Å². The molecule has 0 aliphatic carbocycles. The Labute approximate surface area is 185 Å². The summed E-state index contributed by atoms with van der Waals surface area (Å²) in [5.41, 5.74) is 0.508. The summed E-state index contributed by atoms with van der Waals surface area (Å²) in [6, 6.07) is 6.50. The number of para-hydroxylation sites is 1. The van der Waals surface area contributed by atoms with Crippen LogP contribution < -0.4 is 4.74 Å². The van der Waals surface area contributed by atoms with Crippen LogP contribution in [0.2, 0.25) is 0 Å². The lowest BCUT2D eigenvalue weighted by molar-refractivity contribution is -0.136. The van der Waals surface area contributed by atoms with E-state index in [9.17, 15) is 18.0 Å². The Bertz CT molecular complexity index is 889. The van der Waals surface area contributed by atoms with Gasteiger partial charge in [0.05, 0.1) is 18.4 Å². The number of amides is 2. The number of benzene rings is 1. The van der Waals surface area contributed by atoms with Gasteiger partial charge in [0.25, 0.3) is 5.91 Å². The van der Waals surface area contributed by atoms with Gasteiger partial charge in [0.15, 0.2) is 0 Å². The van der Waals surface area contributed by atoms with Gasteiger partial charge in [-0.2, -0.15) is 4.31 Å². The number of rotatable bonds is 6. The zero-order valence-electron chi connectivity index (χ0n) is 18.5. The average Bonchev–Trinajstić information content (AvgIpc) is 3.04. The van der Waals surface area contributed by atoms with Crippen molar-refractivity contribution in [2.24, 2.45) is 0 Å². The SMILES string of the molecule is CCCS(=O)(=O)N1CCCCC1C(=O)N1CCCN(C(=O)c2ccccc2OC)CC1. The molecule has 0 bridgehead atoms. The first-order valence-electron chi connectivity index (χ1n) is 11.1. The summed E-state index contributed by atoms with van der Waals surface area (Å²) in [5.74, 6) is 0.351. The van der Waals surface area contributed by atoms with E-state index in [1.54, 1.807) is 28.0 Å². The van der Waals surface area contributed by atoms with E-state index in [0.29, 0.717) is 63.3 Å². The van der Waals surface area contributed by atoms with Crippen LogP contribution in [0, 0.1) is 0 Å². The van der Waals surface area contributed by atoms with Crippen LogP contribution in [0.1, 0.15) is 49.4 Å². The summed E-state index contributed by atoms with van der Waals surface area (Å²) >= 11 is 0. The number of ether oxygens (including phenoxy) is 1. The summed E-state index contributed by atoms with van der Waals surface area (Å²) in [7, 11) is -1.90. The minimum absolute atomic E-state index is 0.0674. The van der Waals surface area contributed by atoms with Crippen LogP contribution in [0.3, 0.4) is 0 Å². The van der Waals surface area contributed by atoms with Crippen molar-refractivity contribution in [3.8, 4) is 5.75 Å². The van der Waals surface area contributed by atoms with Crippen molar-refractivity contribution in [3.05, 3.63) is 29.8 Å². The Morgan fingerprint density at radius 1 is 1.00 bits per heavy atom. The summed E-state index contributed by atoms with van der Waals surface area (Å²) in [6.07, 6.45) is 3.38. The summed E-state index contributed by atoms with van der Waals surface area (Å²) < 4.78 is 32.1. The summed E-state index contributed by atoms with van der Waals surface area (Å²) in [6.45, 7) is 4.12. The van der Waals surface area contributed by atoms with Crippen molar-refractivity contribution < 1.29 is 22.7 Å². The van der Waals surface area contributed by atoms with Gasteiger partial charge in [-0.1, -0.05) is 25.5 Å². The lowest BCUT2D eigenvalue weighted by atomic mass is 10.0. The number of piperidine rings is 1. The minimum atomic E-state index is -3.44. The largest absolute Gasteiger partial charge is 0.496 e. The molecule has 0 radical (unpaired) electrons. The first kappa shape index (κ1) is 23.5. The number of sulfonamides is 1. The molecule has 8 nitrogen and oxygen atoms in total. The van der Waals surface area contributed by atoms with Gasteiger partial charge >= 0.3 is 0 Å². The lowest BCUT2D eigenvalue weighted by Crippen LogP contribution is -2.54. The highest BCUT2D eigenvalue weighted by Crippen LogP contribution is 2.24. The van der Waals surface area contributed by atoms with Gasteiger partial charge in [-0.05, 0) is 37.8 Å². The first-order valence-corrected chi connectivity index (χ1v) is 12.7. The Balaban J connectivity index is 1.69. The number of carbonyl (C=O) groups is 2. The van der Waals surface area contributed by atoms with E-state index in [0.717, 1.165) is 12.8 Å². The standard InChI is InChI=1S/C22H33N3O5S/c1-3-17-31(28,29)25-14-7-6-10-19(25)22(27)24-13-8-12-23(15-16-24)21(26)18-9-4-5-11-20(18)30-2/h4-5,9,11,19H,3,6-8,10,12-17H2,1-2H3. The quantitative estimate of drug-likeness (QED) is 0.660. The minimum Gasteiger partial charge on any atom is -0.496 e. The van der Waals surface area contributed by atoms with Crippen LogP contribution >= 0.6 is 0 Å². The highest BCUT2D eigenvalue weighted by Gasteiger charge is 2.38. The van der Waals surface area contributed by atoms with E-state index in [-0.39, 0.29) is 17.6 Å². The lowest BCUT2D eigenvalue weighted by Gasteiger charge is -2.36. The predicted octanol–water partition coefficient (Wildman–Crippen LogP) is 1.96. The molecule has 2 amide bonds. The zero-order chi connectivity index (χ0) is 22.4. The van der Waals surface area contributed by atoms with Crippen molar-refractivity contribution >= 4 is 21.8 Å². The summed E-state index contributed by atoms with van der Waals surface area (Å²) in [4.78, 5) is 29.8. The highest BCUT2D eigenvalue weighted by molar-refractivity contribution is 7.89. The molecule has 0 aromatic heterocycles. The van der Waals surface area contributed by atoms with Crippen molar-refractivity contribution in [3.63, 3.8) is 0 Å². The van der Waals surface area contributed by atoms with E-state index in [1.165, 1.54) is 11.4 Å². The van der Waals surface area contributed by atoms with E-state index < -0.39 is 16.1 Å². The number of hydrogen-bond acceptors (Lipinski definition) is 5. The number of nitrogens with zero attached hydrogens (tertiary/aromatic N) is 3. The van der Waals surface area contributed by atoms with Crippen molar-refractivity contribution in [2.45, 2.75) is 45.1 Å². The molecule has 0 spiro atoms. The first-order chi connectivity index (χ1) is 14.9. The highest BCUT2D eigenvalue weighted by atomic mass is 32.2. The second kappa shape index (κ2) is 10.5. The fraction of sp³-hybridized carbons (Fsp3) is 0.636. The van der Waals surface area contributed by atoms with Crippen LogP contribution in [0.4, 0.5) is 0 Å². The molecule has 1 atom stereocenters. The van der Waals surface area contributed by atoms with Gasteiger partial charge in [-0.25, -0.2) is 8.42 Å². The predicted molar refractivity (Wildman–Crippen MR) is 119 cm³/mol. The Hall–Kier alpha value is -2.13. The third-order valence-corrected chi connectivity index (χ3v) is 8.07. The molecule has 2 heterocycles. The van der Waals surface area contributed by atoms with Crippen LogP contribution in [0.15, 0.2) is 24.3 Å². The second-order valence-electron chi connectivity index (χ2n) is 8.11. The van der Waals surface area contributed by atoms with Crippen molar-refractivity contribution in [1.29, 1.82) is 0 Å². The third kappa shape index (κ3) is 5.38. The van der Waals surface area contributed by atoms with Gasteiger partial charge < -0.3 is 14.5 Å². The van der Waals surface area contributed by atoms with E-state index in [4.69, 9.17) is 4.74 Å². The van der Waals surface area contributed by atoms with Gasteiger partial charge in [-0.15, -0.1) is 0 Å². The molecule has 1 aromatic carbocycles. The molecular formula is C22H33N3O5S. The van der Waals surface area contributed by atoms with Crippen LogP contribution in [0.25, 0.3) is 0 Å². The number of methoxy groups -OCH3 is 1. The maximum atomic E-state index is 13.3. The fourth-order valence-electron chi connectivity index (χ4n) is 4.40.